The molecule has 5 nitrogen and oxygen atoms in total. The Morgan fingerprint density at radius 1 is 1.05 bits per heavy atom. The zero-order valence-corrected chi connectivity index (χ0v) is 12.0. The van der Waals surface area contributed by atoms with Gasteiger partial charge < -0.3 is 9.47 Å². The van der Waals surface area contributed by atoms with Crippen molar-refractivity contribution in [2.24, 2.45) is 0 Å². The molecule has 0 unspecified atom stereocenters. The predicted molar refractivity (Wildman–Crippen MR) is 76.6 cm³/mol. The van der Waals surface area contributed by atoms with Crippen molar-refractivity contribution in [1.29, 1.82) is 0 Å². The number of halogens is 1. The number of nitrogens with zero attached hydrogens (tertiary/aromatic N) is 1. The van der Waals surface area contributed by atoms with Gasteiger partial charge in [-0.25, -0.2) is 14.6 Å². The van der Waals surface area contributed by atoms with Gasteiger partial charge in [0.05, 0.1) is 11.6 Å². The van der Waals surface area contributed by atoms with E-state index in [1.54, 1.807) is 31.2 Å². The lowest BCUT2D eigenvalue weighted by Crippen LogP contribution is -2.14. The molecule has 0 aliphatic carbocycles. The summed E-state index contributed by atoms with van der Waals surface area (Å²) < 4.78 is 9.97. The van der Waals surface area contributed by atoms with Crippen molar-refractivity contribution in [3.63, 3.8) is 0 Å². The molecule has 0 aliphatic rings. The third kappa shape index (κ3) is 3.79. The van der Waals surface area contributed by atoms with Crippen LogP contribution in [0.2, 0.25) is 5.02 Å². The van der Waals surface area contributed by atoms with Crippen LogP contribution in [0, 0.1) is 0 Å². The maximum Gasteiger partial charge on any atom is 0.362 e. The lowest BCUT2D eigenvalue weighted by molar-refractivity contribution is 0.0519. The molecule has 2 rings (SSSR count). The maximum absolute atomic E-state index is 12.0. The summed E-state index contributed by atoms with van der Waals surface area (Å²) in [6, 6.07) is 11.0. The molecule has 0 bridgehead atoms. The van der Waals surface area contributed by atoms with E-state index in [0.29, 0.717) is 5.02 Å². The average molecular weight is 306 g/mol. The fraction of sp³-hybridized carbons (Fsp3) is 0.133. The standard InChI is InChI=1S/C15H12ClNO4/c1-2-20-14(18)11-7-5-8-12(17-11)15(19)21-13-9-4-3-6-10(13)16/h3-9H,2H2,1H3. The van der Waals surface area contributed by atoms with Gasteiger partial charge in [-0.05, 0) is 31.2 Å². The zero-order valence-electron chi connectivity index (χ0n) is 11.2. The summed E-state index contributed by atoms with van der Waals surface area (Å²) in [5.41, 5.74) is 0.0472. The van der Waals surface area contributed by atoms with Crippen LogP contribution in [0.15, 0.2) is 42.5 Å². The van der Waals surface area contributed by atoms with Gasteiger partial charge >= 0.3 is 11.9 Å². The number of rotatable bonds is 4. The van der Waals surface area contributed by atoms with Gasteiger partial charge in [-0.1, -0.05) is 29.8 Å². The Bertz CT molecular complexity index is 672. The maximum atomic E-state index is 12.0. The fourth-order valence-electron chi connectivity index (χ4n) is 1.55. The number of para-hydroxylation sites is 1. The van der Waals surface area contributed by atoms with Gasteiger partial charge in [0.15, 0.2) is 0 Å². The largest absolute Gasteiger partial charge is 0.461 e. The van der Waals surface area contributed by atoms with Crippen molar-refractivity contribution in [3.8, 4) is 5.75 Å². The van der Waals surface area contributed by atoms with Crippen LogP contribution >= 0.6 is 11.6 Å². The van der Waals surface area contributed by atoms with E-state index in [2.05, 4.69) is 4.98 Å². The summed E-state index contributed by atoms with van der Waals surface area (Å²) in [6.45, 7) is 1.92. The number of aromatic nitrogens is 1. The van der Waals surface area contributed by atoms with Crippen LogP contribution in [0.5, 0.6) is 5.75 Å². The number of hydrogen-bond donors (Lipinski definition) is 0. The smallest absolute Gasteiger partial charge is 0.362 e. The number of carbonyl (C=O) groups excluding carboxylic acids is 2. The molecule has 1 aromatic carbocycles. The molecule has 0 amide bonds. The molecule has 0 saturated carbocycles. The monoisotopic (exact) mass is 305 g/mol. The summed E-state index contributed by atoms with van der Waals surface area (Å²) in [6.07, 6.45) is 0. The second kappa shape index (κ2) is 6.85. The van der Waals surface area contributed by atoms with E-state index in [-0.39, 0.29) is 23.7 Å². The van der Waals surface area contributed by atoms with Crippen LogP contribution in [-0.2, 0) is 4.74 Å². The molecule has 0 fully saturated rings. The van der Waals surface area contributed by atoms with Gasteiger partial charge in [0.1, 0.15) is 17.1 Å². The lowest BCUT2D eigenvalue weighted by Gasteiger charge is -2.06. The summed E-state index contributed by atoms with van der Waals surface area (Å²) in [5.74, 6) is -1.06. The number of esters is 2. The van der Waals surface area contributed by atoms with Gasteiger partial charge in [-0.3, -0.25) is 0 Å². The molecule has 1 heterocycles. The molecular formula is C15H12ClNO4. The first-order valence-corrected chi connectivity index (χ1v) is 6.60. The van der Waals surface area contributed by atoms with Crippen LogP contribution in [-0.4, -0.2) is 23.5 Å². The SMILES string of the molecule is CCOC(=O)c1cccc(C(=O)Oc2ccccc2Cl)n1. The van der Waals surface area contributed by atoms with E-state index in [1.165, 1.54) is 18.2 Å². The second-order valence-electron chi connectivity index (χ2n) is 3.95. The summed E-state index contributed by atoms with van der Waals surface area (Å²) in [5, 5.41) is 0.312. The van der Waals surface area contributed by atoms with E-state index in [9.17, 15) is 9.59 Å². The van der Waals surface area contributed by atoms with Gasteiger partial charge in [0, 0.05) is 0 Å². The highest BCUT2D eigenvalue weighted by Gasteiger charge is 2.15. The minimum Gasteiger partial charge on any atom is -0.461 e. The Balaban J connectivity index is 2.18. The molecule has 0 spiro atoms. The Labute approximate surface area is 126 Å². The fourth-order valence-corrected chi connectivity index (χ4v) is 1.72. The number of carbonyl (C=O) groups is 2. The highest BCUT2D eigenvalue weighted by atomic mass is 35.5. The van der Waals surface area contributed by atoms with Crippen molar-refractivity contribution in [2.45, 2.75) is 6.92 Å². The number of benzene rings is 1. The first-order chi connectivity index (χ1) is 10.1. The molecule has 21 heavy (non-hydrogen) atoms. The van der Waals surface area contributed by atoms with Gasteiger partial charge in [-0.2, -0.15) is 0 Å². The molecule has 0 saturated heterocycles. The summed E-state index contributed by atoms with van der Waals surface area (Å²) in [7, 11) is 0. The van der Waals surface area contributed by atoms with Crippen LogP contribution in [0.25, 0.3) is 0 Å². The molecule has 0 aliphatic heterocycles. The molecule has 1 aromatic heterocycles. The van der Waals surface area contributed by atoms with Crippen LogP contribution < -0.4 is 4.74 Å². The second-order valence-corrected chi connectivity index (χ2v) is 4.36. The van der Waals surface area contributed by atoms with E-state index >= 15 is 0 Å². The van der Waals surface area contributed by atoms with Crippen molar-refractivity contribution in [3.05, 3.63) is 58.9 Å². The van der Waals surface area contributed by atoms with E-state index < -0.39 is 11.9 Å². The Hall–Kier alpha value is -2.40. The van der Waals surface area contributed by atoms with Crippen molar-refractivity contribution in [2.75, 3.05) is 6.61 Å². The van der Waals surface area contributed by atoms with Crippen molar-refractivity contribution < 1.29 is 19.1 Å². The van der Waals surface area contributed by atoms with Crippen LogP contribution in [0.1, 0.15) is 27.9 Å². The van der Waals surface area contributed by atoms with Gasteiger partial charge in [0.25, 0.3) is 0 Å². The molecule has 0 radical (unpaired) electrons. The van der Waals surface area contributed by atoms with Crippen molar-refractivity contribution in [1.82, 2.24) is 4.98 Å². The Morgan fingerprint density at radius 3 is 2.38 bits per heavy atom. The van der Waals surface area contributed by atoms with E-state index in [4.69, 9.17) is 21.1 Å². The first-order valence-electron chi connectivity index (χ1n) is 6.22. The number of pyridine rings is 1. The number of hydrogen-bond acceptors (Lipinski definition) is 5. The third-order valence-corrected chi connectivity index (χ3v) is 2.79. The Kier molecular flexibility index (Phi) is 4.90. The first kappa shape index (κ1) is 15.0. The van der Waals surface area contributed by atoms with Crippen LogP contribution in [0.4, 0.5) is 0 Å². The van der Waals surface area contributed by atoms with E-state index in [1.807, 2.05) is 0 Å². The Morgan fingerprint density at radius 2 is 1.71 bits per heavy atom. The predicted octanol–water partition coefficient (Wildman–Crippen LogP) is 3.13. The quantitative estimate of drug-likeness (QED) is 0.641. The zero-order chi connectivity index (χ0) is 15.2. The molecule has 0 atom stereocenters. The minimum atomic E-state index is -0.700. The minimum absolute atomic E-state index is 0.000438. The average Bonchev–Trinajstić information content (AvgIpc) is 2.50. The molecule has 2 aromatic rings. The third-order valence-electron chi connectivity index (χ3n) is 2.48. The van der Waals surface area contributed by atoms with Gasteiger partial charge in [0.2, 0.25) is 0 Å². The van der Waals surface area contributed by atoms with E-state index in [0.717, 1.165) is 0 Å². The highest BCUT2D eigenvalue weighted by molar-refractivity contribution is 6.32. The molecular weight excluding hydrogens is 294 g/mol. The summed E-state index contributed by atoms with van der Waals surface area (Å²) in [4.78, 5) is 27.5. The molecule has 0 N–H and O–H groups in total. The van der Waals surface area contributed by atoms with Crippen molar-refractivity contribution >= 4 is 23.5 Å². The van der Waals surface area contributed by atoms with Gasteiger partial charge in [-0.15, -0.1) is 0 Å². The topological polar surface area (TPSA) is 65.5 Å². The summed E-state index contributed by atoms with van der Waals surface area (Å²) >= 11 is 5.91. The van der Waals surface area contributed by atoms with Crippen LogP contribution in [0.3, 0.4) is 0 Å². The highest BCUT2D eigenvalue weighted by Crippen LogP contribution is 2.23. The molecule has 108 valence electrons. The normalized spacial score (nSPS) is 10.0. The molecule has 6 heteroatoms. The number of ether oxygens (including phenoxy) is 2. The lowest BCUT2D eigenvalue weighted by atomic mass is 10.3.